The van der Waals surface area contributed by atoms with Gasteiger partial charge in [0.15, 0.2) is 0 Å². The normalized spacial score (nSPS) is 23.5. The predicted molar refractivity (Wildman–Crippen MR) is 44.9 cm³/mol. The number of nitrogens with zero attached hydrogens (tertiary/aromatic N) is 1. The number of quaternary nitrogens is 1. The van der Waals surface area contributed by atoms with Gasteiger partial charge in [0.25, 0.3) is 0 Å². The molecule has 68 valence electrons. The van der Waals surface area contributed by atoms with Crippen molar-refractivity contribution in [1.29, 1.82) is 0 Å². The molecule has 1 aliphatic heterocycles. The second-order valence-corrected chi connectivity index (χ2v) is 3.80. The topological polar surface area (TPSA) is 0 Å². The van der Waals surface area contributed by atoms with Gasteiger partial charge in [0.1, 0.15) is 0 Å². The molecule has 1 fully saturated rings. The van der Waals surface area contributed by atoms with E-state index in [1.54, 1.807) is 0 Å². The van der Waals surface area contributed by atoms with Gasteiger partial charge in [0.05, 0.1) is 26.7 Å². The molecule has 2 heteroatoms. The molecule has 0 bridgehead atoms. The van der Waals surface area contributed by atoms with Crippen LogP contribution in [0.15, 0.2) is 0 Å². The van der Waals surface area contributed by atoms with Crippen LogP contribution in [-0.4, -0.2) is 31.2 Å². The van der Waals surface area contributed by atoms with Crippen molar-refractivity contribution in [3.63, 3.8) is 0 Å². The maximum absolute atomic E-state index is 2.39. The van der Waals surface area contributed by atoms with Gasteiger partial charge in [0.2, 0.25) is 0 Å². The van der Waals surface area contributed by atoms with Crippen molar-refractivity contribution in [2.45, 2.75) is 32.6 Å². The largest absolute Gasteiger partial charge is 1.00 e. The van der Waals surface area contributed by atoms with Gasteiger partial charge in [0, 0.05) is 0 Å². The zero-order chi connectivity index (χ0) is 7.45. The molecule has 0 radical (unpaired) electrons. The molecule has 1 saturated heterocycles. The highest BCUT2D eigenvalue weighted by Gasteiger charge is 2.19. The Balaban J connectivity index is 0.000001000. The Morgan fingerprint density at radius 2 is 1.45 bits per heavy atom. The summed E-state index contributed by atoms with van der Waals surface area (Å²) < 4.78 is 1.32. The molecule has 1 aliphatic rings. The van der Waals surface area contributed by atoms with Gasteiger partial charge < -0.3 is 28.5 Å². The first-order chi connectivity index (χ1) is 4.77. The molecule has 0 atom stereocenters. The molecule has 0 spiro atoms. The Morgan fingerprint density at radius 3 is 1.82 bits per heavy atom. The maximum atomic E-state index is 2.39. The standard InChI is InChI=1S/C9H20N.HI/c1-3-10(2)8-6-4-5-7-9-10;/h3-9H2,1-2H3;1H/q+1;/p-1. The molecule has 0 aromatic rings. The number of rotatable bonds is 1. The number of hydrogen-bond acceptors (Lipinski definition) is 0. The fraction of sp³-hybridized carbons (Fsp3) is 1.00. The van der Waals surface area contributed by atoms with Gasteiger partial charge in [-0.25, -0.2) is 0 Å². The molecule has 1 nitrogen and oxygen atoms in total. The molecule has 0 aromatic carbocycles. The van der Waals surface area contributed by atoms with Gasteiger partial charge in [-0.05, 0) is 32.6 Å². The summed E-state index contributed by atoms with van der Waals surface area (Å²) in [7, 11) is 2.39. The van der Waals surface area contributed by atoms with Crippen molar-refractivity contribution in [1.82, 2.24) is 0 Å². The molecule has 1 heterocycles. The van der Waals surface area contributed by atoms with E-state index >= 15 is 0 Å². The first kappa shape index (κ1) is 11.7. The zero-order valence-electron chi connectivity index (χ0n) is 7.77. The second-order valence-electron chi connectivity index (χ2n) is 3.80. The fourth-order valence-electron chi connectivity index (χ4n) is 1.77. The van der Waals surface area contributed by atoms with Gasteiger partial charge in [-0.1, -0.05) is 0 Å². The van der Waals surface area contributed by atoms with Gasteiger partial charge in [-0.2, -0.15) is 0 Å². The van der Waals surface area contributed by atoms with Crippen LogP contribution in [-0.2, 0) is 0 Å². The van der Waals surface area contributed by atoms with Crippen LogP contribution in [0.5, 0.6) is 0 Å². The van der Waals surface area contributed by atoms with Gasteiger partial charge in [-0.3, -0.25) is 0 Å². The number of likely N-dealkylation sites (tertiary alicyclic amines) is 1. The molecule has 0 saturated carbocycles. The van der Waals surface area contributed by atoms with Gasteiger partial charge in [-0.15, -0.1) is 0 Å². The maximum Gasteiger partial charge on any atom is 0.0784 e. The van der Waals surface area contributed by atoms with Crippen LogP contribution in [0, 0.1) is 0 Å². The molecule has 0 amide bonds. The second kappa shape index (κ2) is 5.36. The summed E-state index contributed by atoms with van der Waals surface area (Å²) in [5.41, 5.74) is 0. The molecular weight excluding hydrogens is 249 g/mol. The van der Waals surface area contributed by atoms with E-state index in [1.807, 2.05) is 0 Å². The van der Waals surface area contributed by atoms with Crippen molar-refractivity contribution in [3.8, 4) is 0 Å². The van der Waals surface area contributed by atoms with E-state index < -0.39 is 0 Å². The van der Waals surface area contributed by atoms with E-state index in [-0.39, 0.29) is 24.0 Å². The lowest BCUT2D eigenvalue weighted by Gasteiger charge is -2.31. The third-order valence-electron chi connectivity index (χ3n) is 2.91. The minimum Gasteiger partial charge on any atom is -1.00 e. The van der Waals surface area contributed by atoms with E-state index in [1.165, 1.54) is 49.8 Å². The fourth-order valence-corrected chi connectivity index (χ4v) is 1.77. The minimum absolute atomic E-state index is 0. The molecule has 0 N–H and O–H groups in total. The highest BCUT2D eigenvalue weighted by molar-refractivity contribution is 4.49. The third-order valence-corrected chi connectivity index (χ3v) is 2.91. The van der Waals surface area contributed by atoms with E-state index in [2.05, 4.69) is 14.0 Å². The van der Waals surface area contributed by atoms with E-state index in [4.69, 9.17) is 0 Å². The number of hydrogen-bond donors (Lipinski definition) is 0. The third kappa shape index (κ3) is 3.74. The smallest absolute Gasteiger partial charge is 0.0784 e. The molecule has 0 aliphatic carbocycles. The summed E-state index contributed by atoms with van der Waals surface area (Å²) in [6.07, 6.45) is 5.83. The first-order valence-electron chi connectivity index (χ1n) is 4.60. The Hall–Kier alpha value is 0.690. The van der Waals surface area contributed by atoms with Crippen LogP contribution < -0.4 is 24.0 Å². The Kier molecular flexibility index (Phi) is 5.69. The highest BCUT2D eigenvalue weighted by atomic mass is 127. The predicted octanol–water partition coefficient (Wildman–Crippen LogP) is -0.969. The van der Waals surface area contributed by atoms with Crippen LogP contribution >= 0.6 is 0 Å². The van der Waals surface area contributed by atoms with E-state index in [0.717, 1.165) is 0 Å². The van der Waals surface area contributed by atoms with Crippen LogP contribution in [0.2, 0.25) is 0 Å². The monoisotopic (exact) mass is 269 g/mol. The quantitative estimate of drug-likeness (QED) is 0.424. The van der Waals surface area contributed by atoms with E-state index in [0.29, 0.717) is 0 Å². The number of halogens is 1. The van der Waals surface area contributed by atoms with Crippen molar-refractivity contribution in [2.75, 3.05) is 26.7 Å². The molecule has 0 unspecified atom stereocenters. The van der Waals surface area contributed by atoms with Crippen molar-refractivity contribution in [3.05, 3.63) is 0 Å². The van der Waals surface area contributed by atoms with Crippen molar-refractivity contribution < 1.29 is 28.5 Å². The van der Waals surface area contributed by atoms with Crippen LogP contribution in [0.25, 0.3) is 0 Å². The minimum atomic E-state index is 0. The molecule has 11 heavy (non-hydrogen) atoms. The lowest BCUT2D eigenvalue weighted by molar-refractivity contribution is -0.907. The summed E-state index contributed by atoms with van der Waals surface area (Å²) in [6, 6.07) is 0. The van der Waals surface area contributed by atoms with E-state index in [9.17, 15) is 0 Å². The summed E-state index contributed by atoms with van der Waals surface area (Å²) in [4.78, 5) is 0. The summed E-state index contributed by atoms with van der Waals surface area (Å²) in [5.74, 6) is 0. The van der Waals surface area contributed by atoms with Crippen LogP contribution in [0.4, 0.5) is 0 Å². The van der Waals surface area contributed by atoms with Crippen molar-refractivity contribution in [2.24, 2.45) is 0 Å². The van der Waals surface area contributed by atoms with Crippen LogP contribution in [0.1, 0.15) is 32.6 Å². The highest BCUT2D eigenvalue weighted by Crippen LogP contribution is 2.14. The summed E-state index contributed by atoms with van der Waals surface area (Å²) >= 11 is 0. The van der Waals surface area contributed by atoms with Crippen molar-refractivity contribution >= 4 is 0 Å². The van der Waals surface area contributed by atoms with Gasteiger partial charge >= 0.3 is 0 Å². The molecule has 1 rings (SSSR count). The van der Waals surface area contributed by atoms with Crippen LogP contribution in [0.3, 0.4) is 0 Å². The molecule has 0 aromatic heterocycles. The first-order valence-corrected chi connectivity index (χ1v) is 4.60. The Bertz CT molecular complexity index is 95.7. The summed E-state index contributed by atoms with van der Waals surface area (Å²) in [5, 5.41) is 0. The average Bonchev–Trinajstić information content (AvgIpc) is 2.15. The molecular formula is C9H20IN. The Labute approximate surface area is 87.8 Å². The SMILES string of the molecule is CC[N+]1(C)CCCCCC1.[I-]. The lowest BCUT2D eigenvalue weighted by Crippen LogP contribution is -3.00. The summed E-state index contributed by atoms with van der Waals surface area (Å²) in [6.45, 7) is 6.46. The Morgan fingerprint density at radius 1 is 1.00 bits per heavy atom. The lowest BCUT2D eigenvalue weighted by atomic mass is 10.2. The average molecular weight is 269 g/mol. The zero-order valence-corrected chi connectivity index (χ0v) is 9.93.